The van der Waals surface area contributed by atoms with Crippen molar-refractivity contribution in [2.45, 2.75) is 32.4 Å². The minimum atomic E-state index is -0.415. The average Bonchev–Trinajstić information content (AvgIpc) is 2.54. The minimum Gasteiger partial charge on any atom is -0.266 e. The highest BCUT2D eigenvalue weighted by molar-refractivity contribution is 6.42. The van der Waals surface area contributed by atoms with E-state index in [4.69, 9.17) is 46.4 Å². The molecule has 10 heteroatoms. The maximum Gasteiger partial charge on any atom is 0.287 e. The second-order valence-electron chi connectivity index (χ2n) is 4.73. The molecule has 0 atom stereocenters. The van der Waals surface area contributed by atoms with E-state index < -0.39 is 11.1 Å². The van der Waals surface area contributed by atoms with E-state index in [1.54, 1.807) is 0 Å². The average molecular weight is 398 g/mol. The second-order valence-corrected chi connectivity index (χ2v) is 6.30. The molecule has 0 aromatic carbocycles. The number of hydrogen-bond donors (Lipinski definition) is 0. The van der Waals surface area contributed by atoms with Crippen molar-refractivity contribution in [3.05, 3.63) is 53.2 Å². The van der Waals surface area contributed by atoms with Gasteiger partial charge < -0.3 is 0 Å². The summed E-state index contributed by atoms with van der Waals surface area (Å²) in [5.74, 6) is 0. The second kappa shape index (κ2) is 8.15. The predicted molar refractivity (Wildman–Crippen MR) is 90.9 cm³/mol. The van der Waals surface area contributed by atoms with Gasteiger partial charge in [-0.05, 0) is 19.3 Å². The van der Waals surface area contributed by atoms with Crippen LogP contribution in [0.4, 0.5) is 0 Å². The molecule has 0 aliphatic heterocycles. The van der Waals surface area contributed by atoms with E-state index in [9.17, 15) is 9.59 Å². The van der Waals surface area contributed by atoms with Crippen molar-refractivity contribution in [2.75, 3.05) is 0 Å². The van der Waals surface area contributed by atoms with Crippen molar-refractivity contribution in [3.8, 4) is 0 Å². The summed E-state index contributed by atoms with van der Waals surface area (Å²) < 4.78 is 2.52. The normalized spacial score (nSPS) is 11.0. The number of hydrogen-bond acceptors (Lipinski definition) is 4. The van der Waals surface area contributed by atoms with Gasteiger partial charge >= 0.3 is 0 Å². The fourth-order valence-corrected chi connectivity index (χ4v) is 2.45. The van der Waals surface area contributed by atoms with Gasteiger partial charge in [0.2, 0.25) is 0 Å². The SMILES string of the molecule is O=c1c(Cl)c(Cl)cnn1CCCCCn1ncc(Cl)c(Cl)c1=O. The van der Waals surface area contributed by atoms with Crippen LogP contribution < -0.4 is 11.1 Å². The molecule has 0 radical (unpaired) electrons. The van der Waals surface area contributed by atoms with E-state index in [0.29, 0.717) is 25.9 Å². The Morgan fingerprint density at radius 1 is 0.739 bits per heavy atom. The number of rotatable bonds is 6. The van der Waals surface area contributed by atoms with Crippen molar-refractivity contribution in [1.29, 1.82) is 0 Å². The number of unbranched alkanes of at least 4 members (excludes halogenated alkanes) is 2. The Morgan fingerprint density at radius 3 is 1.52 bits per heavy atom. The Balaban J connectivity index is 1.85. The van der Waals surface area contributed by atoms with Crippen molar-refractivity contribution < 1.29 is 0 Å². The lowest BCUT2D eigenvalue weighted by atomic mass is 10.2. The third kappa shape index (κ3) is 4.47. The fraction of sp³-hybridized carbons (Fsp3) is 0.385. The molecular weight excluding hydrogens is 386 g/mol. The Kier molecular flexibility index (Phi) is 6.47. The highest BCUT2D eigenvalue weighted by Crippen LogP contribution is 2.15. The summed E-state index contributed by atoms with van der Waals surface area (Å²) in [4.78, 5) is 23.6. The fourth-order valence-electron chi connectivity index (χ4n) is 1.91. The van der Waals surface area contributed by atoms with Gasteiger partial charge in [-0.2, -0.15) is 10.2 Å². The van der Waals surface area contributed by atoms with Gasteiger partial charge in [-0.15, -0.1) is 0 Å². The summed E-state index contributed by atoms with van der Waals surface area (Å²) in [6, 6.07) is 0. The van der Waals surface area contributed by atoms with Gasteiger partial charge in [-0.25, -0.2) is 9.36 Å². The van der Waals surface area contributed by atoms with Crippen LogP contribution in [0.1, 0.15) is 19.3 Å². The van der Waals surface area contributed by atoms with Gasteiger partial charge in [0.25, 0.3) is 11.1 Å². The van der Waals surface area contributed by atoms with Crippen molar-refractivity contribution >= 4 is 46.4 Å². The molecule has 124 valence electrons. The van der Waals surface area contributed by atoms with E-state index >= 15 is 0 Å². The lowest BCUT2D eigenvalue weighted by molar-refractivity contribution is 0.480. The molecule has 0 saturated heterocycles. The van der Waals surface area contributed by atoms with Crippen molar-refractivity contribution in [1.82, 2.24) is 19.6 Å². The third-order valence-corrected chi connectivity index (χ3v) is 4.62. The lowest BCUT2D eigenvalue weighted by Crippen LogP contribution is -2.24. The zero-order chi connectivity index (χ0) is 17.0. The third-order valence-electron chi connectivity index (χ3n) is 3.12. The monoisotopic (exact) mass is 396 g/mol. The lowest BCUT2D eigenvalue weighted by Gasteiger charge is -2.07. The molecule has 0 fully saturated rings. The van der Waals surface area contributed by atoms with Gasteiger partial charge in [0, 0.05) is 13.1 Å². The van der Waals surface area contributed by atoms with Crippen molar-refractivity contribution in [3.63, 3.8) is 0 Å². The summed E-state index contributed by atoms with van der Waals surface area (Å²) in [7, 11) is 0. The molecule has 0 bridgehead atoms. The molecule has 2 aromatic rings. The van der Waals surface area contributed by atoms with Crippen molar-refractivity contribution in [2.24, 2.45) is 0 Å². The highest BCUT2D eigenvalue weighted by atomic mass is 35.5. The quantitative estimate of drug-likeness (QED) is 0.701. The van der Waals surface area contributed by atoms with Crippen LogP contribution >= 0.6 is 46.4 Å². The van der Waals surface area contributed by atoms with Crippen LogP contribution in [-0.2, 0) is 13.1 Å². The van der Waals surface area contributed by atoms with Crippen LogP contribution in [0.25, 0.3) is 0 Å². The molecule has 0 unspecified atom stereocenters. The molecule has 0 spiro atoms. The number of aromatic nitrogens is 4. The van der Waals surface area contributed by atoms with Crippen LogP contribution in [0.15, 0.2) is 22.0 Å². The molecule has 0 aliphatic carbocycles. The first-order valence-electron chi connectivity index (χ1n) is 6.74. The molecule has 2 aromatic heterocycles. The van der Waals surface area contributed by atoms with Gasteiger partial charge in [-0.3, -0.25) is 9.59 Å². The maximum absolute atomic E-state index is 11.8. The first-order chi connectivity index (χ1) is 10.9. The zero-order valence-electron chi connectivity index (χ0n) is 11.8. The van der Waals surface area contributed by atoms with Crippen LogP contribution in [0.5, 0.6) is 0 Å². The standard InChI is InChI=1S/C13H12Cl4N4O2/c14-8-6-18-20(12(22)10(8)16)4-2-1-3-5-21-13(23)11(17)9(15)7-19-21/h6-7H,1-5H2. The van der Waals surface area contributed by atoms with Crippen LogP contribution in [0.3, 0.4) is 0 Å². The topological polar surface area (TPSA) is 69.8 Å². The van der Waals surface area contributed by atoms with E-state index in [2.05, 4.69) is 10.2 Å². The maximum atomic E-state index is 11.8. The Hall–Kier alpha value is -1.08. The number of aryl methyl sites for hydroxylation is 2. The molecule has 0 N–H and O–H groups in total. The highest BCUT2D eigenvalue weighted by Gasteiger charge is 2.08. The molecule has 23 heavy (non-hydrogen) atoms. The molecule has 2 rings (SSSR count). The molecular formula is C13H12Cl4N4O2. The zero-order valence-corrected chi connectivity index (χ0v) is 14.8. The smallest absolute Gasteiger partial charge is 0.266 e. The molecule has 0 aliphatic rings. The van der Waals surface area contributed by atoms with Crippen LogP contribution in [0.2, 0.25) is 20.1 Å². The molecule has 0 amide bonds. The molecule has 6 nitrogen and oxygen atoms in total. The van der Waals surface area contributed by atoms with E-state index in [1.807, 2.05) is 0 Å². The molecule has 2 heterocycles. The Labute approximate surface area is 151 Å². The van der Waals surface area contributed by atoms with Gasteiger partial charge in [0.15, 0.2) is 0 Å². The Morgan fingerprint density at radius 2 is 1.13 bits per heavy atom. The van der Waals surface area contributed by atoms with Crippen LogP contribution in [0, 0.1) is 0 Å². The van der Waals surface area contributed by atoms with E-state index in [-0.39, 0.29) is 20.1 Å². The summed E-state index contributed by atoms with van der Waals surface area (Å²) in [6.07, 6.45) is 4.83. The van der Waals surface area contributed by atoms with Gasteiger partial charge in [0.05, 0.1) is 22.4 Å². The molecule has 0 saturated carbocycles. The van der Waals surface area contributed by atoms with Gasteiger partial charge in [-0.1, -0.05) is 46.4 Å². The summed E-state index contributed by atoms with van der Waals surface area (Å²) in [6.45, 7) is 0.832. The van der Waals surface area contributed by atoms with E-state index in [1.165, 1.54) is 21.8 Å². The number of nitrogens with zero attached hydrogens (tertiary/aromatic N) is 4. The first-order valence-corrected chi connectivity index (χ1v) is 8.25. The summed E-state index contributed by atoms with van der Waals surface area (Å²) in [5.41, 5.74) is -0.830. The van der Waals surface area contributed by atoms with Gasteiger partial charge in [0.1, 0.15) is 10.0 Å². The first kappa shape index (κ1) is 18.3. The Bertz CT molecular complexity index is 751. The summed E-state index contributed by atoms with van der Waals surface area (Å²) in [5, 5.41) is 8.04. The van der Waals surface area contributed by atoms with E-state index in [0.717, 1.165) is 6.42 Å². The minimum absolute atomic E-state index is 0.0341. The number of halogens is 4. The van der Waals surface area contributed by atoms with Crippen LogP contribution in [-0.4, -0.2) is 19.6 Å². The predicted octanol–water partition coefficient (Wildman–Crippen LogP) is 3.28. The largest absolute Gasteiger partial charge is 0.287 e. The summed E-state index contributed by atoms with van der Waals surface area (Å²) >= 11 is 23.0.